The Hall–Kier alpha value is -0.770. The lowest BCUT2D eigenvalue weighted by Crippen LogP contribution is -2.24. The summed E-state index contributed by atoms with van der Waals surface area (Å²) in [7, 11) is 0. The normalized spacial score (nSPS) is 11.5. The third kappa shape index (κ3) is 3.38. The number of aromatic amines is 1. The maximum Gasteiger partial charge on any atom is 0.573 e. The van der Waals surface area contributed by atoms with Gasteiger partial charge in [-0.25, -0.2) is 0 Å². The van der Waals surface area contributed by atoms with E-state index in [1.807, 2.05) is 0 Å². The number of nitrogens with one attached hydrogen (secondary N) is 1. The molecular formula is C7H6F3IN2O2. The van der Waals surface area contributed by atoms with Crippen molar-refractivity contribution in [2.75, 3.05) is 0 Å². The standard InChI is InChI=1S/C7H6F3IN2O2/c8-7(9,10)15-5-4(11)1-3(2-12)13-6(5)14/h1H,2,12H2,(H,13,14). The molecule has 0 saturated heterocycles. The number of ether oxygens (including phenoxy) is 1. The van der Waals surface area contributed by atoms with Crippen LogP contribution in [0.25, 0.3) is 0 Å². The minimum atomic E-state index is -4.88. The van der Waals surface area contributed by atoms with Crippen molar-refractivity contribution >= 4 is 22.6 Å². The lowest BCUT2D eigenvalue weighted by atomic mass is 10.3. The molecule has 1 aromatic heterocycles. The zero-order chi connectivity index (χ0) is 11.6. The second-order valence-electron chi connectivity index (χ2n) is 2.55. The van der Waals surface area contributed by atoms with Gasteiger partial charge in [0.15, 0.2) is 0 Å². The fourth-order valence-corrected chi connectivity index (χ4v) is 1.62. The number of H-pyrrole nitrogens is 1. The Bertz CT molecular complexity index is 416. The molecule has 1 aromatic rings. The van der Waals surface area contributed by atoms with Crippen LogP contribution < -0.4 is 16.0 Å². The smallest absolute Gasteiger partial charge is 0.399 e. The lowest BCUT2D eigenvalue weighted by Gasteiger charge is -2.10. The van der Waals surface area contributed by atoms with Gasteiger partial charge in [0, 0.05) is 12.2 Å². The van der Waals surface area contributed by atoms with E-state index in [-0.39, 0.29) is 10.1 Å². The summed E-state index contributed by atoms with van der Waals surface area (Å²) in [4.78, 5) is 13.3. The average molecular weight is 334 g/mol. The first-order valence-corrected chi connectivity index (χ1v) is 4.79. The number of alkyl halides is 3. The highest BCUT2D eigenvalue weighted by Gasteiger charge is 2.33. The molecule has 0 fully saturated rings. The Morgan fingerprint density at radius 3 is 2.53 bits per heavy atom. The van der Waals surface area contributed by atoms with Gasteiger partial charge in [-0.2, -0.15) is 0 Å². The molecule has 0 spiro atoms. The zero-order valence-corrected chi connectivity index (χ0v) is 9.35. The molecule has 0 bridgehead atoms. The third-order valence-electron chi connectivity index (χ3n) is 1.44. The van der Waals surface area contributed by atoms with Crippen LogP contribution in [0.1, 0.15) is 5.69 Å². The summed E-state index contributed by atoms with van der Waals surface area (Å²) in [5.41, 5.74) is 4.63. The van der Waals surface area contributed by atoms with E-state index < -0.39 is 17.7 Å². The van der Waals surface area contributed by atoms with Gasteiger partial charge in [-0.15, -0.1) is 13.2 Å². The van der Waals surface area contributed by atoms with Crippen molar-refractivity contribution in [3.63, 3.8) is 0 Å². The van der Waals surface area contributed by atoms with E-state index in [4.69, 9.17) is 5.73 Å². The Morgan fingerprint density at radius 1 is 1.53 bits per heavy atom. The molecular weight excluding hydrogens is 328 g/mol. The molecule has 0 aliphatic carbocycles. The first-order chi connectivity index (χ1) is 6.83. The average Bonchev–Trinajstić information content (AvgIpc) is 2.09. The van der Waals surface area contributed by atoms with Gasteiger partial charge in [0.1, 0.15) is 0 Å². The van der Waals surface area contributed by atoms with Crippen molar-refractivity contribution in [3.8, 4) is 5.75 Å². The Labute approximate surface area is 95.8 Å². The molecule has 0 saturated carbocycles. The number of aromatic nitrogens is 1. The lowest BCUT2D eigenvalue weighted by molar-refractivity contribution is -0.275. The van der Waals surface area contributed by atoms with Crippen LogP contribution >= 0.6 is 22.6 Å². The van der Waals surface area contributed by atoms with Gasteiger partial charge in [-0.1, -0.05) is 0 Å². The second kappa shape index (κ2) is 4.39. The van der Waals surface area contributed by atoms with Gasteiger partial charge in [0.2, 0.25) is 5.75 Å². The molecule has 0 aliphatic heterocycles. The summed E-state index contributed by atoms with van der Waals surface area (Å²) < 4.78 is 39.3. The summed E-state index contributed by atoms with van der Waals surface area (Å²) in [5.74, 6) is -0.764. The Morgan fingerprint density at radius 2 is 2.13 bits per heavy atom. The highest BCUT2D eigenvalue weighted by Crippen LogP contribution is 2.24. The van der Waals surface area contributed by atoms with Crippen molar-refractivity contribution in [2.45, 2.75) is 12.9 Å². The molecule has 0 aliphatic rings. The van der Waals surface area contributed by atoms with Gasteiger partial charge in [0.05, 0.1) is 3.57 Å². The van der Waals surface area contributed by atoms with Crippen molar-refractivity contribution in [2.24, 2.45) is 5.73 Å². The molecule has 3 N–H and O–H groups in total. The van der Waals surface area contributed by atoms with Crippen LogP contribution in [0.15, 0.2) is 10.9 Å². The zero-order valence-electron chi connectivity index (χ0n) is 7.19. The predicted octanol–water partition coefficient (Wildman–Crippen LogP) is 1.34. The van der Waals surface area contributed by atoms with Crippen molar-refractivity contribution < 1.29 is 17.9 Å². The van der Waals surface area contributed by atoms with Gasteiger partial charge < -0.3 is 15.5 Å². The number of halogens is 4. The first-order valence-electron chi connectivity index (χ1n) is 3.71. The van der Waals surface area contributed by atoms with E-state index >= 15 is 0 Å². The highest BCUT2D eigenvalue weighted by molar-refractivity contribution is 14.1. The molecule has 0 amide bonds. The highest BCUT2D eigenvalue weighted by atomic mass is 127. The van der Waals surface area contributed by atoms with Crippen LogP contribution in [0.5, 0.6) is 5.75 Å². The van der Waals surface area contributed by atoms with Gasteiger partial charge in [-0.3, -0.25) is 4.79 Å². The molecule has 0 unspecified atom stereocenters. The van der Waals surface area contributed by atoms with Crippen LogP contribution in [0, 0.1) is 3.57 Å². The second-order valence-corrected chi connectivity index (χ2v) is 3.71. The molecule has 15 heavy (non-hydrogen) atoms. The monoisotopic (exact) mass is 334 g/mol. The first kappa shape index (κ1) is 12.3. The molecule has 1 rings (SSSR count). The summed E-state index contributed by atoms with van der Waals surface area (Å²) in [6.45, 7) is 0.0392. The number of hydrogen-bond donors (Lipinski definition) is 2. The summed E-state index contributed by atoms with van der Waals surface area (Å²) in [5, 5.41) is 0. The van der Waals surface area contributed by atoms with E-state index in [2.05, 4.69) is 9.72 Å². The molecule has 0 radical (unpaired) electrons. The summed E-state index contributed by atoms with van der Waals surface area (Å²) in [6, 6.07) is 1.32. The van der Waals surface area contributed by atoms with Gasteiger partial charge >= 0.3 is 6.36 Å². The van der Waals surface area contributed by atoms with Crippen LogP contribution in [-0.4, -0.2) is 11.3 Å². The van der Waals surface area contributed by atoms with E-state index in [0.29, 0.717) is 5.69 Å². The van der Waals surface area contributed by atoms with E-state index in [1.54, 1.807) is 22.6 Å². The molecule has 1 heterocycles. The largest absolute Gasteiger partial charge is 0.573 e. The van der Waals surface area contributed by atoms with Crippen LogP contribution in [0.4, 0.5) is 13.2 Å². The number of nitrogens with two attached hydrogens (primary N) is 1. The Balaban J connectivity index is 3.15. The van der Waals surface area contributed by atoms with E-state index in [9.17, 15) is 18.0 Å². The van der Waals surface area contributed by atoms with E-state index in [0.717, 1.165) is 0 Å². The van der Waals surface area contributed by atoms with Crippen molar-refractivity contribution in [1.82, 2.24) is 4.98 Å². The SMILES string of the molecule is NCc1cc(I)c(OC(F)(F)F)c(=O)[nH]1. The molecule has 0 atom stereocenters. The van der Waals surface area contributed by atoms with Crippen LogP contribution in [-0.2, 0) is 6.54 Å². The van der Waals surface area contributed by atoms with Gasteiger partial charge in [0.25, 0.3) is 5.56 Å². The maximum absolute atomic E-state index is 11.9. The minimum Gasteiger partial charge on any atom is -0.399 e. The van der Waals surface area contributed by atoms with Crippen molar-refractivity contribution in [1.29, 1.82) is 0 Å². The van der Waals surface area contributed by atoms with Crippen LogP contribution in [0.2, 0.25) is 0 Å². The molecule has 0 aromatic carbocycles. The third-order valence-corrected chi connectivity index (χ3v) is 2.24. The summed E-state index contributed by atoms with van der Waals surface area (Å²) in [6.07, 6.45) is -4.88. The fraction of sp³-hybridized carbons (Fsp3) is 0.286. The molecule has 84 valence electrons. The minimum absolute atomic E-state index is 0.0392. The predicted molar refractivity (Wildman–Crippen MR) is 54.4 cm³/mol. The van der Waals surface area contributed by atoms with Crippen molar-refractivity contribution in [3.05, 3.63) is 25.7 Å². The topological polar surface area (TPSA) is 68.1 Å². The van der Waals surface area contributed by atoms with E-state index in [1.165, 1.54) is 6.07 Å². The fourth-order valence-electron chi connectivity index (χ4n) is 0.886. The number of rotatable bonds is 2. The van der Waals surface area contributed by atoms with Crippen LogP contribution in [0.3, 0.4) is 0 Å². The Kier molecular flexibility index (Phi) is 3.60. The molecule has 8 heteroatoms. The quantitative estimate of drug-likeness (QED) is 0.802. The number of hydrogen-bond acceptors (Lipinski definition) is 3. The van der Waals surface area contributed by atoms with Gasteiger partial charge in [-0.05, 0) is 28.7 Å². The maximum atomic E-state index is 11.9. The molecule has 4 nitrogen and oxygen atoms in total. The number of pyridine rings is 1. The summed E-state index contributed by atoms with van der Waals surface area (Å²) >= 11 is 1.57.